The third kappa shape index (κ3) is 4.13. The Kier molecular flexibility index (Phi) is 5.80. The number of fused-ring (bicyclic) bond motifs is 1. The molecule has 8 nitrogen and oxygen atoms in total. The minimum absolute atomic E-state index is 0.186. The molecular weight excluding hydrogens is 366 g/mol. The van der Waals surface area contributed by atoms with E-state index >= 15 is 0 Å². The molecule has 0 bridgehead atoms. The van der Waals surface area contributed by atoms with E-state index in [2.05, 4.69) is 15.8 Å². The second kappa shape index (κ2) is 8.26. The summed E-state index contributed by atoms with van der Waals surface area (Å²) in [7, 11) is 0. The number of nitrogens with one attached hydrogen (secondary N) is 2. The van der Waals surface area contributed by atoms with Gasteiger partial charge in [-0.3, -0.25) is 24.1 Å². The number of amidine groups is 1. The molecule has 1 aromatic heterocycles. The Balaban J connectivity index is 2.09. The van der Waals surface area contributed by atoms with Gasteiger partial charge in [0.25, 0.3) is 5.56 Å². The van der Waals surface area contributed by atoms with Gasteiger partial charge in [-0.05, 0) is 23.7 Å². The number of rotatable bonds is 5. The van der Waals surface area contributed by atoms with Gasteiger partial charge in [0.2, 0.25) is 5.91 Å². The van der Waals surface area contributed by atoms with Gasteiger partial charge in [-0.2, -0.15) is 0 Å². The molecule has 1 amide bonds. The van der Waals surface area contributed by atoms with Crippen molar-refractivity contribution in [3.05, 3.63) is 56.7 Å². The number of nitrogens with zero attached hydrogens (tertiary/aromatic N) is 3. The average molecular weight is 387 g/mol. The molecule has 1 aliphatic rings. The molecule has 0 fully saturated rings. The largest absolute Gasteiger partial charge is 0.332 e. The second-order valence-corrected chi connectivity index (χ2v) is 7.15. The average Bonchev–Trinajstić information content (AvgIpc) is 2.66. The van der Waals surface area contributed by atoms with Gasteiger partial charge in [0.15, 0.2) is 11.0 Å². The molecule has 0 spiro atoms. The number of hydrazone groups is 1. The number of hydrogen-bond acceptors (Lipinski definition) is 6. The summed E-state index contributed by atoms with van der Waals surface area (Å²) in [5.41, 5.74) is 2.86. The molecular formula is C18H21N5O3S. The molecule has 0 radical (unpaired) electrons. The Hall–Kier alpha value is -2.81. The number of carbonyl (C=O) groups excluding carboxylic acids is 1. The predicted molar refractivity (Wildman–Crippen MR) is 106 cm³/mol. The summed E-state index contributed by atoms with van der Waals surface area (Å²) >= 11 is 1.06. The van der Waals surface area contributed by atoms with E-state index in [9.17, 15) is 14.4 Å². The first-order valence-corrected chi connectivity index (χ1v) is 9.53. The Morgan fingerprint density at radius 1 is 1.22 bits per heavy atom. The molecule has 2 heterocycles. The van der Waals surface area contributed by atoms with Crippen molar-refractivity contribution in [2.45, 2.75) is 44.7 Å². The lowest BCUT2D eigenvalue weighted by Crippen LogP contribution is -2.43. The van der Waals surface area contributed by atoms with Crippen LogP contribution in [0.4, 0.5) is 5.82 Å². The van der Waals surface area contributed by atoms with Crippen LogP contribution in [0.3, 0.4) is 0 Å². The zero-order valence-electron chi connectivity index (χ0n) is 15.2. The fourth-order valence-corrected chi connectivity index (χ4v) is 3.66. The molecule has 1 aliphatic heterocycles. The molecule has 0 saturated carbocycles. The van der Waals surface area contributed by atoms with E-state index in [4.69, 9.17) is 0 Å². The number of unbranched alkanes of at least 4 members (excludes halogenated alkanes) is 1. The minimum Gasteiger partial charge on any atom is -0.304 e. The highest BCUT2D eigenvalue weighted by molar-refractivity contribution is 8.14. The van der Waals surface area contributed by atoms with Gasteiger partial charge in [-0.25, -0.2) is 4.79 Å². The third-order valence-electron chi connectivity index (χ3n) is 4.05. The highest BCUT2D eigenvalue weighted by Gasteiger charge is 2.24. The molecule has 2 N–H and O–H groups in total. The van der Waals surface area contributed by atoms with Gasteiger partial charge in [0, 0.05) is 13.5 Å². The zero-order valence-corrected chi connectivity index (χ0v) is 16.0. The predicted octanol–water partition coefficient (Wildman–Crippen LogP) is 1.78. The molecule has 9 heteroatoms. The highest BCUT2D eigenvalue weighted by atomic mass is 32.2. The standard InChI is InChI=1S/C18H21N5O3S/c1-3-4-10-22-15-14(27-17(21-20-15)19-12(2)24)16(25)23(18(22)26)11-13-8-6-5-7-9-13/h5-9,20H,3-4,10-11H2,1-2H3,(H,19,21,24). The number of carbonyl (C=O) groups is 1. The van der Waals surface area contributed by atoms with E-state index in [1.54, 1.807) is 4.57 Å². The van der Waals surface area contributed by atoms with Gasteiger partial charge in [-0.15, -0.1) is 5.10 Å². The molecule has 1 aromatic carbocycles. The van der Waals surface area contributed by atoms with Crippen molar-refractivity contribution in [1.82, 2.24) is 14.5 Å². The van der Waals surface area contributed by atoms with Crippen LogP contribution < -0.4 is 22.0 Å². The van der Waals surface area contributed by atoms with Crippen molar-refractivity contribution in [1.29, 1.82) is 0 Å². The maximum Gasteiger partial charge on any atom is 0.332 e. The van der Waals surface area contributed by atoms with Gasteiger partial charge in [0.1, 0.15) is 4.90 Å². The molecule has 0 unspecified atom stereocenters. The SMILES string of the molecule is CCCCn1c2c(c(=O)n(Cc3ccccc3)c1=O)SC(NC(C)=O)=NN2. The summed E-state index contributed by atoms with van der Waals surface area (Å²) in [5, 5.41) is 6.91. The van der Waals surface area contributed by atoms with E-state index in [1.807, 2.05) is 37.3 Å². The van der Waals surface area contributed by atoms with Crippen molar-refractivity contribution in [2.24, 2.45) is 5.10 Å². The Bertz CT molecular complexity index is 995. The van der Waals surface area contributed by atoms with Crippen LogP contribution in [0, 0.1) is 0 Å². The van der Waals surface area contributed by atoms with Crippen molar-refractivity contribution in [3.8, 4) is 0 Å². The number of aromatic nitrogens is 2. The maximum absolute atomic E-state index is 13.0. The second-order valence-electron chi connectivity index (χ2n) is 6.15. The van der Waals surface area contributed by atoms with Crippen LogP contribution in [0.2, 0.25) is 0 Å². The molecule has 142 valence electrons. The van der Waals surface area contributed by atoms with Crippen molar-refractivity contribution in [3.63, 3.8) is 0 Å². The molecule has 2 aromatic rings. The maximum atomic E-state index is 13.0. The summed E-state index contributed by atoms with van der Waals surface area (Å²) in [4.78, 5) is 37.7. The number of anilines is 1. The van der Waals surface area contributed by atoms with E-state index in [0.29, 0.717) is 17.3 Å². The molecule has 3 rings (SSSR count). The summed E-state index contributed by atoms with van der Waals surface area (Å²) in [5.74, 6) is 0.0947. The topological polar surface area (TPSA) is 97.5 Å². The van der Waals surface area contributed by atoms with Crippen molar-refractivity contribution < 1.29 is 4.79 Å². The summed E-state index contributed by atoms with van der Waals surface area (Å²) in [6.07, 6.45) is 1.71. The quantitative estimate of drug-likeness (QED) is 0.815. The van der Waals surface area contributed by atoms with Gasteiger partial charge >= 0.3 is 5.69 Å². The van der Waals surface area contributed by atoms with E-state index in [-0.39, 0.29) is 23.3 Å². The molecule has 0 aliphatic carbocycles. The Morgan fingerprint density at radius 3 is 2.63 bits per heavy atom. The first-order valence-electron chi connectivity index (χ1n) is 8.72. The zero-order chi connectivity index (χ0) is 19.4. The van der Waals surface area contributed by atoms with Gasteiger partial charge in [-0.1, -0.05) is 43.7 Å². The van der Waals surface area contributed by atoms with Gasteiger partial charge in [0.05, 0.1) is 6.54 Å². The number of hydrogen-bond donors (Lipinski definition) is 2. The van der Waals surface area contributed by atoms with Gasteiger partial charge < -0.3 is 5.32 Å². The van der Waals surface area contributed by atoms with E-state index < -0.39 is 5.56 Å². The Labute approximate surface area is 160 Å². The monoisotopic (exact) mass is 387 g/mol. The molecule has 0 saturated heterocycles. The fraction of sp³-hybridized carbons (Fsp3) is 0.333. The third-order valence-corrected chi connectivity index (χ3v) is 5.01. The lowest BCUT2D eigenvalue weighted by Gasteiger charge is -2.22. The first-order chi connectivity index (χ1) is 13.0. The molecule has 0 atom stereocenters. The van der Waals surface area contributed by atoms with Crippen LogP contribution in [0.5, 0.6) is 0 Å². The lowest BCUT2D eigenvalue weighted by molar-refractivity contribution is -0.117. The summed E-state index contributed by atoms with van der Waals surface area (Å²) in [6.45, 7) is 4.07. The Morgan fingerprint density at radius 2 is 1.96 bits per heavy atom. The van der Waals surface area contributed by atoms with Crippen LogP contribution in [-0.2, 0) is 17.9 Å². The smallest absolute Gasteiger partial charge is 0.304 e. The van der Waals surface area contributed by atoms with Crippen LogP contribution in [0.1, 0.15) is 32.3 Å². The normalized spacial score (nSPS) is 12.7. The van der Waals surface area contributed by atoms with Crippen molar-refractivity contribution in [2.75, 3.05) is 5.43 Å². The van der Waals surface area contributed by atoms with Crippen LogP contribution >= 0.6 is 11.8 Å². The van der Waals surface area contributed by atoms with E-state index in [1.165, 1.54) is 11.5 Å². The van der Waals surface area contributed by atoms with Crippen LogP contribution in [-0.4, -0.2) is 20.2 Å². The van der Waals surface area contributed by atoms with Crippen LogP contribution in [0.25, 0.3) is 0 Å². The fourth-order valence-electron chi connectivity index (χ4n) is 2.73. The number of benzene rings is 1. The molecule has 27 heavy (non-hydrogen) atoms. The number of thioether (sulfide) groups is 1. The van der Waals surface area contributed by atoms with Crippen LogP contribution in [0.15, 0.2) is 49.9 Å². The lowest BCUT2D eigenvalue weighted by atomic mass is 10.2. The summed E-state index contributed by atoms with van der Waals surface area (Å²) < 4.78 is 2.78. The van der Waals surface area contributed by atoms with Crippen molar-refractivity contribution >= 4 is 28.7 Å². The van der Waals surface area contributed by atoms with E-state index in [0.717, 1.165) is 30.2 Å². The minimum atomic E-state index is -0.401. The number of amides is 1. The first kappa shape index (κ1) is 19.0. The summed E-state index contributed by atoms with van der Waals surface area (Å²) in [6, 6.07) is 9.36. The highest BCUT2D eigenvalue weighted by Crippen LogP contribution is 2.27.